The van der Waals surface area contributed by atoms with Gasteiger partial charge in [0.1, 0.15) is 5.82 Å². The van der Waals surface area contributed by atoms with Gasteiger partial charge in [0, 0.05) is 0 Å². The fourth-order valence-corrected chi connectivity index (χ4v) is 2.91. The van der Waals surface area contributed by atoms with Crippen molar-refractivity contribution in [3.63, 3.8) is 0 Å². The first-order valence-electron chi connectivity index (χ1n) is 7.24. The molecule has 0 aliphatic carbocycles. The summed E-state index contributed by atoms with van der Waals surface area (Å²) in [5.74, 6) is -1.79. The average molecular weight is 363 g/mol. The van der Waals surface area contributed by atoms with Crippen molar-refractivity contribution in [2.24, 2.45) is 0 Å². The molecule has 2 amide bonds. The van der Waals surface area contributed by atoms with Gasteiger partial charge in [0.15, 0.2) is 0 Å². The number of anilines is 3. The lowest BCUT2D eigenvalue weighted by atomic mass is 10.1. The lowest BCUT2D eigenvalue weighted by Gasteiger charge is -2.24. The van der Waals surface area contributed by atoms with Crippen LogP contribution in [0.25, 0.3) is 0 Å². The van der Waals surface area contributed by atoms with E-state index in [0.717, 1.165) is 18.4 Å². The Bertz CT molecular complexity index is 975. The zero-order valence-corrected chi connectivity index (χ0v) is 13.9. The van der Waals surface area contributed by atoms with Crippen LogP contribution in [0.4, 0.5) is 21.5 Å². The summed E-state index contributed by atoms with van der Waals surface area (Å²) in [6.07, 6.45) is 0.936. The first kappa shape index (κ1) is 17.1. The van der Waals surface area contributed by atoms with Gasteiger partial charge in [0.2, 0.25) is 15.9 Å². The van der Waals surface area contributed by atoms with Crippen molar-refractivity contribution in [2.45, 2.75) is 0 Å². The summed E-state index contributed by atoms with van der Waals surface area (Å²) in [4.78, 5) is 26.3. The molecule has 0 saturated heterocycles. The minimum atomic E-state index is -3.58. The van der Waals surface area contributed by atoms with E-state index in [1.165, 1.54) is 11.0 Å². The Kier molecular flexibility index (Phi) is 4.27. The first-order chi connectivity index (χ1) is 11.8. The summed E-state index contributed by atoms with van der Waals surface area (Å²) in [6, 6.07) is 10.0. The van der Waals surface area contributed by atoms with Crippen molar-refractivity contribution in [1.82, 2.24) is 4.72 Å². The molecule has 1 aliphatic heterocycles. The van der Waals surface area contributed by atoms with Crippen LogP contribution in [0.3, 0.4) is 0 Å². The topological polar surface area (TPSA) is 95.6 Å². The fraction of sp³-hybridized carbons (Fsp3) is 0.125. The molecule has 1 heterocycles. The van der Waals surface area contributed by atoms with Crippen LogP contribution in [0, 0.1) is 5.82 Å². The predicted octanol–water partition coefficient (Wildman–Crippen LogP) is 1.61. The molecule has 0 radical (unpaired) electrons. The second-order valence-corrected chi connectivity index (χ2v) is 7.29. The Morgan fingerprint density at radius 1 is 1.20 bits per heavy atom. The minimum Gasteiger partial charge on any atom is -0.320 e. The highest BCUT2D eigenvalue weighted by Gasteiger charge is 2.29. The summed E-state index contributed by atoms with van der Waals surface area (Å²) in [6.45, 7) is -0.502. The molecule has 0 saturated carbocycles. The molecule has 0 bridgehead atoms. The SMILES string of the molecule is CS(=O)(=O)NCC(=O)N1c2ccccc2NC(=O)c2cc(F)ccc21. The zero-order valence-electron chi connectivity index (χ0n) is 13.1. The number of nitrogens with zero attached hydrogens (tertiary/aromatic N) is 1. The van der Waals surface area contributed by atoms with Crippen molar-refractivity contribution in [1.29, 1.82) is 0 Å². The van der Waals surface area contributed by atoms with Crippen LogP contribution in [-0.2, 0) is 14.8 Å². The van der Waals surface area contributed by atoms with E-state index < -0.39 is 34.2 Å². The van der Waals surface area contributed by atoms with Crippen LogP contribution in [-0.4, -0.2) is 33.0 Å². The molecule has 2 aromatic carbocycles. The summed E-state index contributed by atoms with van der Waals surface area (Å²) >= 11 is 0. The van der Waals surface area contributed by atoms with E-state index in [0.29, 0.717) is 11.4 Å². The Balaban J connectivity index is 2.14. The number of carbonyl (C=O) groups excluding carboxylic acids is 2. The fourth-order valence-electron chi connectivity index (χ4n) is 2.52. The monoisotopic (exact) mass is 363 g/mol. The van der Waals surface area contributed by atoms with Gasteiger partial charge in [0.25, 0.3) is 5.91 Å². The van der Waals surface area contributed by atoms with Gasteiger partial charge in [0.05, 0.1) is 35.4 Å². The number of nitrogens with one attached hydrogen (secondary N) is 2. The zero-order chi connectivity index (χ0) is 18.2. The lowest BCUT2D eigenvalue weighted by Crippen LogP contribution is -2.37. The molecule has 7 nitrogen and oxygen atoms in total. The highest BCUT2D eigenvalue weighted by Crippen LogP contribution is 2.37. The Morgan fingerprint density at radius 2 is 1.92 bits per heavy atom. The molecule has 0 unspecified atom stereocenters. The molecule has 2 aromatic rings. The van der Waals surface area contributed by atoms with Crippen LogP contribution in [0.15, 0.2) is 42.5 Å². The first-order valence-corrected chi connectivity index (χ1v) is 9.13. The number of hydrogen-bond donors (Lipinski definition) is 2. The number of carbonyl (C=O) groups is 2. The van der Waals surface area contributed by atoms with E-state index in [1.807, 2.05) is 0 Å². The summed E-state index contributed by atoms with van der Waals surface area (Å²) in [5, 5.41) is 2.62. The van der Waals surface area contributed by atoms with Gasteiger partial charge in [-0.05, 0) is 30.3 Å². The van der Waals surface area contributed by atoms with Gasteiger partial charge in [-0.15, -0.1) is 0 Å². The highest BCUT2D eigenvalue weighted by atomic mass is 32.2. The van der Waals surface area contributed by atoms with Crippen molar-refractivity contribution >= 4 is 38.9 Å². The van der Waals surface area contributed by atoms with Crippen LogP contribution in [0.2, 0.25) is 0 Å². The second-order valence-electron chi connectivity index (χ2n) is 5.46. The molecule has 130 valence electrons. The largest absolute Gasteiger partial charge is 0.320 e. The number of amides is 2. The molecule has 1 aliphatic rings. The maximum atomic E-state index is 13.6. The van der Waals surface area contributed by atoms with Gasteiger partial charge in [-0.25, -0.2) is 17.5 Å². The number of halogens is 1. The molecular formula is C16H14FN3O4S. The number of para-hydroxylation sites is 2. The van der Waals surface area contributed by atoms with Gasteiger partial charge in [-0.2, -0.15) is 0 Å². The predicted molar refractivity (Wildman–Crippen MR) is 90.8 cm³/mol. The Morgan fingerprint density at radius 3 is 2.64 bits per heavy atom. The van der Waals surface area contributed by atoms with Crippen LogP contribution in [0.1, 0.15) is 10.4 Å². The number of fused-ring (bicyclic) bond motifs is 2. The third-order valence-corrected chi connectivity index (χ3v) is 4.24. The van der Waals surface area contributed by atoms with Gasteiger partial charge < -0.3 is 5.32 Å². The molecule has 25 heavy (non-hydrogen) atoms. The number of rotatable bonds is 3. The quantitative estimate of drug-likeness (QED) is 0.866. The number of benzene rings is 2. The smallest absolute Gasteiger partial charge is 0.257 e. The molecule has 3 rings (SSSR count). The van der Waals surface area contributed by atoms with Gasteiger partial charge in [-0.1, -0.05) is 12.1 Å². The van der Waals surface area contributed by atoms with E-state index in [2.05, 4.69) is 10.0 Å². The third-order valence-electron chi connectivity index (χ3n) is 3.57. The maximum absolute atomic E-state index is 13.6. The summed E-state index contributed by atoms with van der Waals surface area (Å²) in [5.41, 5.74) is 0.867. The van der Waals surface area contributed by atoms with E-state index in [1.54, 1.807) is 24.3 Å². The lowest BCUT2D eigenvalue weighted by molar-refractivity contribution is -0.116. The van der Waals surface area contributed by atoms with E-state index in [-0.39, 0.29) is 11.3 Å². The molecule has 9 heteroatoms. The normalized spacial score (nSPS) is 13.5. The summed E-state index contributed by atoms with van der Waals surface area (Å²) in [7, 11) is -3.58. The average Bonchev–Trinajstić information content (AvgIpc) is 2.66. The molecule has 0 aromatic heterocycles. The Labute approximate surface area is 143 Å². The standard InChI is InChI=1S/C16H14FN3O4S/c1-25(23,24)18-9-15(21)20-13-7-6-10(17)8-11(13)16(22)19-12-4-2-3-5-14(12)20/h2-8,18H,9H2,1H3,(H,19,22). The summed E-state index contributed by atoms with van der Waals surface area (Å²) < 4.78 is 38.3. The van der Waals surface area contributed by atoms with E-state index >= 15 is 0 Å². The van der Waals surface area contributed by atoms with Crippen molar-refractivity contribution in [2.75, 3.05) is 23.0 Å². The van der Waals surface area contributed by atoms with Crippen molar-refractivity contribution in [3.05, 3.63) is 53.8 Å². The maximum Gasteiger partial charge on any atom is 0.257 e. The minimum absolute atomic E-state index is 0.0242. The number of sulfonamides is 1. The number of hydrogen-bond acceptors (Lipinski definition) is 4. The second kappa shape index (κ2) is 6.26. The van der Waals surface area contributed by atoms with Gasteiger partial charge in [-0.3, -0.25) is 14.5 Å². The third kappa shape index (κ3) is 3.52. The highest BCUT2D eigenvalue weighted by molar-refractivity contribution is 7.88. The Hall–Kier alpha value is -2.78. The molecule has 0 atom stereocenters. The molecule has 0 fully saturated rings. The van der Waals surface area contributed by atoms with Crippen LogP contribution >= 0.6 is 0 Å². The van der Waals surface area contributed by atoms with E-state index in [4.69, 9.17) is 0 Å². The van der Waals surface area contributed by atoms with Crippen LogP contribution in [0.5, 0.6) is 0 Å². The molecule has 0 spiro atoms. The van der Waals surface area contributed by atoms with E-state index in [9.17, 15) is 22.4 Å². The van der Waals surface area contributed by atoms with Crippen molar-refractivity contribution < 1.29 is 22.4 Å². The van der Waals surface area contributed by atoms with Crippen LogP contribution < -0.4 is 14.9 Å². The van der Waals surface area contributed by atoms with Crippen molar-refractivity contribution in [3.8, 4) is 0 Å². The van der Waals surface area contributed by atoms with Gasteiger partial charge >= 0.3 is 0 Å². The molecular weight excluding hydrogens is 349 g/mol. The molecule has 2 N–H and O–H groups in total.